The van der Waals surface area contributed by atoms with Crippen LogP contribution in [0.5, 0.6) is 0 Å². The fourth-order valence-corrected chi connectivity index (χ4v) is 2.70. The van der Waals surface area contributed by atoms with Crippen LogP contribution >= 0.6 is 0 Å². The third kappa shape index (κ3) is 4.90. The van der Waals surface area contributed by atoms with Crippen molar-refractivity contribution >= 4 is 17.9 Å². The topological polar surface area (TPSA) is 101 Å². The molecule has 3 rings (SSSR count). The van der Waals surface area contributed by atoms with E-state index < -0.39 is 0 Å². The summed E-state index contributed by atoms with van der Waals surface area (Å²) in [6.45, 7) is 4.69. The van der Waals surface area contributed by atoms with Gasteiger partial charge in [-0.2, -0.15) is 0 Å². The lowest BCUT2D eigenvalue weighted by Gasteiger charge is -2.34. The molecule has 0 aromatic carbocycles. The predicted molar refractivity (Wildman–Crippen MR) is 98.2 cm³/mol. The van der Waals surface area contributed by atoms with Gasteiger partial charge in [0.1, 0.15) is 5.69 Å². The second kappa shape index (κ2) is 8.93. The summed E-state index contributed by atoms with van der Waals surface area (Å²) in [6, 6.07) is 7.11. The van der Waals surface area contributed by atoms with Crippen LogP contribution in [-0.2, 0) is 11.3 Å². The number of anilines is 1. The minimum atomic E-state index is -0.305. The van der Waals surface area contributed by atoms with Crippen molar-refractivity contribution in [2.45, 2.75) is 13.5 Å². The molecule has 3 heterocycles. The molecule has 0 bridgehead atoms. The van der Waals surface area contributed by atoms with Crippen LogP contribution < -0.4 is 10.2 Å². The zero-order valence-corrected chi connectivity index (χ0v) is 15.2. The summed E-state index contributed by atoms with van der Waals surface area (Å²) in [7, 11) is 0. The first-order valence-electron chi connectivity index (χ1n) is 8.85. The van der Waals surface area contributed by atoms with Crippen molar-refractivity contribution in [3.8, 4) is 0 Å². The molecule has 0 aliphatic carbocycles. The average molecular weight is 370 g/mol. The first-order valence-corrected chi connectivity index (χ1v) is 8.85. The van der Waals surface area contributed by atoms with Crippen LogP contribution in [0, 0.1) is 0 Å². The zero-order valence-electron chi connectivity index (χ0n) is 15.2. The van der Waals surface area contributed by atoms with E-state index in [2.05, 4.69) is 20.3 Å². The van der Waals surface area contributed by atoms with E-state index >= 15 is 0 Å². The number of hydrogen-bond acceptors (Lipinski definition) is 7. The number of aromatic nitrogens is 3. The Kier molecular flexibility index (Phi) is 6.14. The van der Waals surface area contributed by atoms with Gasteiger partial charge in [0.05, 0.1) is 18.8 Å². The summed E-state index contributed by atoms with van der Waals surface area (Å²) in [4.78, 5) is 40.5. The van der Waals surface area contributed by atoms with Crippen molar-refractivity contribution in [1.82, 2.24) is 25.2 Å². The molecule has 27 heavy (non-hydrogen) atoms. The molecule has 0 atom stereocenters. The van der Waals surface area contributed by atoms with Crippen LogP contribution in [0.15, 0.2) is 36.7 Å². The lowest BCUT2D eigenvalue weighted by Crippen LogP contribution is -2.49. The van der Waals surface area contributed by atoms with Crippen molar-refractivity contribution < 1.29 is 14.3 Å². The fraction of sp³-hybridized carbons (Fsp3) is 0.389. The Bertz CT molecular complexity index is 778. The van der Waals surface area contributed by atoms with Crippen LogP contribution in [0.25, 0.3) is 0 Å². The maximum atomic E-state index is 12.3. The number of pyridine rings is 1. The van der Waals surface area contributed by atoms with Crippen molar-refractivity contribution in [3.63, 3.8) is 0 Å². The van der Waals surface area contributed by atoms with E-state index in [4.69, 9.17) is 4.74 Å². The molecule has 2 amide bonds. The molecule has 1 N–H and O–H groups in total. The Hall–Kier alpha value is -3.23. The fourth-order valence-electron chi connectivity index (χ4n) is 2.70. The summed E-state index contributed by atoms with van der Waals surface area (Å²) < 4.78 is 5.02. The largest absolute Gasteiger partial charge is 0.450 e. The Morgan fingerprint density at radius 2 is 1.93 bits per heavy atom. The van der Waals surface area contributed by atoms with Gasteiger partial charge in [0.15, 0.2) is 0 Å². The summed E-state index contributed by atoms with van der Waals surface area (Å²) >= 11 is 0. The highest BCUT2D eigenvalue weighted by Crippen LogP contribution is 2.12. The molecule has 142 valence electrons. The number of carbonyl (C=O) groups excluding carboxylic acids is 2. The molecule has 2 aromatic rings. The second-order valence-corrected chi connectivity index (χ2v) is 5.92. The summed E-state index contributed by atoms with van der Waals surface area (Å²) in [5.41, 5.74) is 1.07. The third-order valence-corrected chi connectivity index (χ3v) is 4.12. The van der Waals surface area contributed by atoms with Crippen LogP contribution in [-0.4, -0.2) is 64.6 Å². The monoisotopic (exact) mass is 370 g/mol. The van der Waals surface area contributed by atoms with E-state index in [1.807, 2.05) is 23.1 Å². The van der Waals surface area contributed by atoms with E-state index in [9.17, 15) is 9.59 Å². The molecule has 0 saturated carbocycles. The molecule has 0 spiro atoms. The normalized spacial score (nSPS) is 14.0. The highest BCUT2D eigenvalue weighted by atomic mass is 16.6. The highest BCUT2D eigenvalue weighted by Gasteiger charge is 2.23. The Morgan fingerprint density at radius 3 is 2.63 bits per heavy atom. The lowest BCUT2D eigenvalue weighted by molar-refractivity contribution is 0.0945. The number of nitrogens with one attached hydrogen (secondary N) is 1. The van der Waals surface area contributed by atoms with Crippen LogP contribution in [0.2, 0.25) is 0 Å². The maximum absolute atomic E-state index is 12.3. The van der Waals surface area contributed by atoms with Gasteiger partial charge in [0.2, 0.25) is 5.95 Å². The molecule has 0 unspecified atom stereocenters. The SMILES string of the molecule is CCOC(=O)N1CCN(c2nccc(C(=O)NCc3ccccn3)n2)CC1. The van der Waals surface area contributed by atoms with Crippen molar-refractivity contribution in [2.24, 2.45) is 0 Å². The number of amides is 2. The minimum Gasteiger partial charge on any atom is -0.450 e. The summed E-state index contributed by atoms with van der Waals surface area (Å²) in [5, 5.41) is 2.80. The van der Waals surface area contributed by atoms with Crippen molar-refractivity contribution in [2.75, 3.05) is 37.7 Å². The first kappa shape index (κ1) is 18.6. The van der Waals surface area contributed by atoms with Crippen molar-refractivity contribution in [3.05, 3.63) is 48.0 Å². The van der Waals surface area contributed by atoms with Gasteiger partial charge < -0.3 is 19.9 Å². The van der Waals surface area contributed by atoms with Gasteiger partial charge in [0.25, 0.3) is 5.91 Å². The standard InChI is InChI=1S/C18H22N6O3/c1-2-27-18(26)24-11-9-23(10-12-24)17-20-8-6-15(22-17)16(25)21-13-14-5-3-4-7-19-14/h3-8H,2,9-13H2,1H3,(H,21,25). The Labute approximate surface area is 157 Å². The summed E-state index contributed by atoms with van der Waals surface area (Å²) in [6.07, 6.45) is 2.94. The summed E-state index contributed by atoms with van der Waals surface area (Å²) in [5.74, 6) is 0.193. The predicted octanol–water partition coefficient (Wildman–Crippen LogP) is 1.08. The van der Waals surface area contributed by atoms with E-state index in [1.165, 1.54) is 0 Å². The van der Waals surface area contributed by atoms with Gasteiger partial charge >= 0.3 is 6.09 Å². The van der Waals surface area contributed by atoms with E-state index in [0.717, 1.165) is 5.69 Å². The van der Waals surface area contributed by atoms with Gasteiger partial charge in [-0.3, -0.25) is 9.78 Å². The molecular formula is C18H22N6O3. The molecule has 9 heteroatoms. The second-order valence-electron chi connectivity index (χ2n) is 5.92. The van der Waals surface area contributed by atoms with Crippen LogP contribution in [0.4, 0.5) is 10.7 Å². The van der Waals surface area contributed by atoms with Crippen molar-refractivity contribution in [1.29, 1.82) is 0 Å². The van der Waals surface area contributed by atoms with Crippen LogP contribution in [0.1, 0.15) is 23.1 Å². The number of hydrogen-bond donors (Lipinski definition) is 1. The number of ether oxygens (including phenoxy) is 1. The van der Waals surface area contributed by atoms with Gasteiger partial charge in [-0.05, 0) is 25.1 Å². The van der Waals surface area contributed by atoms with E-state index in [1.54, 1.807) is 30.3 Å². The third-order valence-electron chi connectivity index (χ3n) is 4.12. The number of carbonyl (C=O) groups is 2. The van der Waals surface area contributed by atoms with Gasteiger partial charge in [-0.15, -0.1) is 0 Å². The number of rotatable bonds is 5. The smallest absolute Gasteiger partial charge is 0.409 e. The molecule has 1 fully saturated rings. The molecular weight excluding hydrogens is 348 g/mol. The maximum Gasteiger partial charge on any atom is 0.409 e. The number of piperazine rings is 1. The van der Waals surface area contributed by atoms with Crippen LogP contribution in [0.3, 0.4) is 0 Å². The quantitative estimate of drug-likeness (QED) is 0.840. The molecule has 1 aliphatic rings. The lowest BCUT2D eigenvalue weighted by atomic mass is 10.3. The van der Waals surface area contributed by atoms with E-state index in [0.29, 0.717) is 51.0 Å². The molecule has 1 saturated heterocycles. The average Bonchev–Trinajstić information content (AvgIpc) is 2.73. The Morgan fingerprint density at radius 1 is 1.11 bits per heavy atom. The number of nitrogens with zero attached hydrogens (tertiary/aromatic N) is 5. The molecule has 2 aromatic heterocycles. The molecule has 0 radical (unpaired) electrons. The van der Waals surface area contributed by atoms with E-state index in [-0.39, 0.29) is 12.0 Å². The van der Waals surface area contributed by atoms with Gasteiger partial charge in [0, 0.05) is 38.6 Å². The van der Waals surface area contributed by atoms with Gasteiger partial charge in [-0.25, -0.2) is 14.8 Å². The first-order chi connectivity index (χ1) is 13.2. The minimum absolute atomic E-state index is 0.283. The molecule has 1 aliphatic heterocycles. The highest BCUT2D eigenvalue weighted by molar-refractivity contribution is 5.92. The Balaban J connectivity index is 1.57. The van der Waals surface area contributed by atoms with Gasteiger partial charge in [-0.1, -0.05) is 6.07 Å². The zero-order chi connectivity index (χ0) is 19.1. The molecule has 9 nitrogen and oxygen atoms in total.